The van der Waals surface area contributed by atoms with E-state index in [1.54, 1.807) is 6.08 Å². The van der Waals surface area contributed by atoms with E-state index in [1.165, 1.54) is 0 Å². The number of rotatable bonds is 12. The molecular weight excluding hydrogens is 328 g/mol. The second kappa shape index (κ2) is 10.1. The van der Waals surface area contributed by atoms with E-state index in [0.29, 0.717) is 12.3 Å². The van der Waals surface area contributed by atoms with Gasteiger partial charge in [-0.3, -0.25) is 9.59 Å². The maximum absolute atomic E-state index is 12.1. The first-order valence-electron chi connectivity index (χ1n) is 10.2. The maximum atomic E-state index is 12.1. The summed E-state index contributed by atoms with van der Waals surface area (Å²) in [4.78, 5) is 23.0. The van der Waals surface area contributed by atoms with Crippen molar-refractivity contribution in [2.24, 2.45) is 29.6 Å². The fourth-order valence-corrected chi connectivity index (χ4v) is 3.97. The van der Waals surface area contributed by atoms with Gasteiger partial charge in [-0.25, -0.2) is 0 Å². The van der Waals surface area contributed by atoms with Crippen molar-refractivity contribution in [3.05, 3.63) is 24.3 Å². The van der Waals surface area contributed by atoms with Crippen LogP contribution in [0.2, 0.25) is 0 Å². The van der Waals surface area contributed by atoms with Crippen LogP contribution in [0.3, 0.4) is 0 Å². The molecule has 0 bridgehead atoms. The predicted molar refractivity (Wildman–Crippen MR) is 103 cm³/mol. The largest absolute Gasteiger partial charge is 0.481 e. The molecule has 2 aliphatic carbocycles. The van der Waals surface area contributed by atoms with Crippen LogP contribution >= 0.6 is 0 Å². The number of carbonyl (C=O) groups excluding carboxylic acids is 1. The first kappa shape index (κ1) is 20.9. The molecule has 146 valence electrons. The molecule has 0 spiro atoms. The minimum Gasteiger partial charge on any atom is -0.481 e. The number of hydrogen-bond donors (Lipinski definition) is 2. The first-order chi connectivity index (χ1) is 12.4. The van der Waals surface area contributed by atoms with Crippen molar-refractivity contribution in [3.8, 4) is 0 Å². The molecule has 4 nitrogen and oxygen atoms in total. The average molecular weight is 363 g/mol. The molecule has 0 saturated heterocycles. The third-order valence-electron chi connectivity index (χ3n) is 6.09. The van der Waals surface area contributed by atoms with Gasteiger partial charge < -0.3 is 10.2 Å². The molecule has 2 rings (SSSR count). The number of carboxylic acid groups (broad SMARTS) is 1. The summed E-state index contributed by atoms with van der Waals surface area (Å²) in [7, 11) is 0. The van der Waals surface area contributed by atoms with Crippen LogP contribution in [-0.2, 0) is 9.59 Å². The Bertz CT molecular complexity index is 536. The third kappa shape index (κ3) is 6.08. The third-order valence-corrected chi connectivity index (χ3v) is 6.09. The Morgan fingerprint density at radius 3 is 2.69 bits per heavy atom. The van der Waals surface area contributed by atoms with E-state index >= 15 is 0 Å². The van der Waals surface area contributed by atoms with E-state index in [0.717, 1.165) is 44.9 Å². The van der Waals surface area contributed by atoms with E-state index in [-0.39, 0.29) is 35.6 Å². The summed E-state index contributed by atoms with van der Waals surface area (Å²) in [6, 6.07) is 0. The first-order valence-corrected chi connectivity index (χ1v) is 10.2. The highest BCUT2D eigenvalue weighted by atomic mass is 16.4. The summed E-state index contributed by atoms with van der Waals surface area (Å²) < 4.78 is 0. The highest BCUT2D eigenvalue weighted by Gasteiger charge is 2.41. The van der Waals surface area contributed by atoms with Gasteiger partial charge in [0.1, 0.15) is 0 Å². The second-order valence-corrected chi connectivity index (χ2v) is 8.18. The quantitative estimate of drug-likeness (QED) is 0.505. The van der Waals surface area contributed by atoms with Crippen LogP contribution in [-0.4, -0.2) is 28.1 Å². The molecule has 0 aromatic carbocycles. The van der Waals surface area contributed by atoms with Gasteiger partial charge in [-0.1, -0.05) is 44.9 Å². The topological polar surface area (TPSA) is 74.6 Å². The van der Waals surface area contributed by atoms with Crippen LogP contribution in [0.5, 0.6) is 0 Å². The van der Waals surface area contributed by atoms with Gasteiger partial charge in [-0.05, 0) is 62.4 Å². The summed E-state index contributed by atoms with van der Waals surface area (Å²) in [5.41, 5.74) is 0. The van der Waals surface area contributed by atoms with E-state index in [4.69, 9.17) is 5.11 Å². The Morgan fingerprint density at radius 2 is 2.04 bits per heavy atom. The molecule has 4 heteroatoms. The molecule has 6 atom stereocenters. The SMILES string of the molecule is CCCC[C@@H](C)[C@H](O)CC[C@H]1C=CC(=O)[C@@H]1CC=CC[C@@H]1C[C@H]1C(=O)O. The number of aliphatic hydroxyl groups excluding tert-OH is 1. The summed E-state index contributed by atoms with van der Waals surface area (Å²) in [6.07, 6.45) is 14.7. The summed E-state index contributed by atoms with van der Waals surface area (Å²) in [5, 5.41) is 19.3. The molecule has 0 aromatic heterocycles. The van der Waals surface area contributed by atoms with Crippen molar-refractivity contribution < 1.29 is 19.8 Å². The Kier molecular flexibility index (Phi) is 8.08. The smallest absolute Gasteiger partial charge is 0.306 e. The van der Waals surface area contributed by atoms with Crippen LogP contribution in [0.4, 0.5) is 0 Å². The Hall–Kier alpha value is -1.42. The van der Waals surface area contributed by atoms with Crippen molar-refractivity contribution in [1.29, 1.82) is 0 Å². The zero-order valence-corrected chi connectivity index (χ0v) is 16.1. The minimum absolute atomic E-state index is 0.0149. The Balaban J connectivity index is 1.72. The highest BCUT2D eigenvalue weighted by molar-refractivity contribution is 5.94. The van der Waals surface area contributed by atoms with Crippen molar-refractivity contribution >= 4 is 11.8 Å². The van der Waals surface area contributed by atoms with E-state index in [2.05, 4.69) is 13.8 Å². The number of aliphatic hydroxyl groups is 1. The number of aliphatic carboxylic acids is 1. The number of unbranched alkanes of at least 4 members (excludes halogenated alkanes) is 1. The summed E-state index contributed by atoms with van der Waals surface area (Å²) in [5.74, 6) is 0.116. The van der Waals surface area contributed by atoms with Gasteiger partial charge in [-0.2, -0.15) is 0 Å². The molecule has 0 radical (unpaired) electrons. The van der Waals surface area contributed by atoms with E-state index < -0.39 is 5.97 Å². The fourth-order valence-electron chi connectivity index (χ4n) is 3.97. The molecule has 0 unspecified atom stereocenters. The van der Waals surface area contributed by atoms with Crippen LogP contribution < -0.4 is 0 Å². The lowest BCUT2D eigenvalue weighted by Gasteiger charge is -2.22. The summed E-state index contributed by atoms with van der Waals surface area (Å²) >= 11 is 0. The number of carboxylic acids is 1. The predicted octanol–water partition coefficient (Wildman–Crippen LogP) is 4.38. The van der Waals surface area contributed by atoms with Crippen molar-refractivity contribution in [2.75, 3.05) is 0 Å². The van der Waals surface area contributed by atoms with Gasteiger partial charge in [0.05, 0.1) is 12.0 Å². The van der Waals surface area contributed by atoms with Gasteiger partial charge in [0.25, 0.3) is 0 Å². The average Bonchev–Trinajstić information content (AvgIpc) is 3.32. The van der Waals surface area contributed by atoms with Gasteiger partial charge in [0.2, 0.25) is 0 Å². The van der Waals surface area contributed by atoms with Crippen LogP contribution in [0.25, 0.3) is 0 Å². The zero-order chi connectivity index (χ0) is 19.1. The molecule has 2 aliphatic rings. The van der Waals surface area contributed by atoms with Crippen molar-refractivity contribution in [2.45, 2.75) is 71.3 Å². The lowest BCUT2D eigenvalue weighted by Crippen LogP contribution is -2.21. The lowest BCUT2D eigenvalue weighted by molar-refractivity contribution is -0.138. The lowest BCUT2D eigenvalue weighted by atomic mass is 9.85. The van der Waals surface area contributed by atoms with Gasteiger partial charge in [-0.15, -0.1) is 0 Å². The van der Waals surface area contributed by atoms with Crippen LogP contribution in [0.1, 0.15) is 65.2 Å². The number of allylic oxidation sites excluding steroid dienone is 4. The maximum Gasteiger partial charge on any atom is 0.306 e. The standard InChI is InChI=1S/C22H34O4/c1-3-4-7-15(2)20(23)12-10-16-11-13-21(24)18(16)9-6-5-8-17-14-19(17)22(25)26/h5-6,11,13,15-20,23H,3-4,7-10,12,14H2,1-2H3,(H,25,26)/t15-,16+,17-,18-,19-,20-/m1/s1. The van der Waals surface area contributed by atoms with Crippen LogP contribution in [0, 0.1) is 29.6 Å². The monoisotopic (exact) mass is 362 g/mol. The molecule has 2 N–H and O–H groups in total. The minimum atomic E-state index is -0.689. The molecule has 1 saturated carbocycles. The number of ketones is 1. The van der Waals surface area contributed by atoms with Crippen molar-refractivity contribution in [3.63, 3.8) is 0 Å². The van der Waals surface area contributed by atoms with E-state index in [1.807, 2.05) is 18.2 Å². The zero-order valence-electron chi connectivity index (χ0n) is 16.1. The highest BCUT2D eigenvalue weighted by Crippen LogP contribution is 2.41. The van der Waals surface area contributed by atoms with Crippen LogP contribution in [0.15, 0.2) is 24.3 Å². The molecule has 26 heavy (non-hydrogen) atoms. The van der Waals surface area contributed by atoms with E-state index in [9.17, 15) is 14.7 Å². The Morgan fingerprint density at radius 1 is 1.31 bits per heavy atom. The molecule has 0 amide bonds. The second-order valence-electron chi connectivity index (χ2n) is 8.18. The van der Waals surface area contributed by atoms with Crippen molar-refractivity contribution in [1.82, 2.24) is 0 Å². The molecular formula is C22H34O4. The number of carbonyl (C=O) groups is 2. The number of hydrogen-bond acceptors (Lipinski definition) is 3. The fraction of sp³-hybridized carbons (Fsp3) is 0.727. The Labute approximate surface area is 157 Å². The molecule has 0 aliphatic heterocycles. The normalized spacial score (nSPS) is 30.0. The molecule has 0 aromatic rings. The van der Waals surface area contributed by atoms with Gasteiger partial charge in [0.15, 0.2) is 5.78 Å². The van der Waals surface area contributed by atoms with Gasteiger partial charge in [0, 0.05) is 5.92 Å². The summed E-state index contributed by atoms with van der Waals surface area (Å²) in [6.45, 7) is 4.27. The molecule has 0 heterocycles. The molecule has 1 fully saturated rings. The van der Waals surface area contributed by atoms with Gasteiger partial charge >= 0.3 is 5.97 Å².